The van der Waals surface area contributed by atoms with E-state index in [1.807, 2.05) is 61.5 Å². The number of para-hydroxylation sites is 1. The Kier molecular flexibility index (Phi) is 4.60. The fourth-order valence-electron chi connectivity index (χ4n) is 2.91. The van der Waals surface area contributed by atoms with Gasteiger partial charge in [-0.2, -0.15) is 0 Å². The molecule has 6 heteroatoms. The minimum Gasteiger partial charge on any atom is -0.322 e. The summed E-state index contributed by atoms with van der Waals surface area (Å²) in [6, 6.07) is 20.0. The highest BCUT2D eigenvalue weighted by Gasteiger charge is 2.15. The fourth-order valence-corrected chi connectivity index (χ4v) is 2.91. The molecule has 28 heavy (non-hydrogen) atoms. The van der Waals surface area contributed by atoms with Gasteiger partial charge in [-0.3, -0.25) is 14.0 Å². The van der Waals surface area contributed by atoms with Crippen LogP contribution in [0, 0.1) is 6.92 Å². The van der Waals surface area contributed by atoms with Crippen LogP contribution in [0.15, 0.2) is 79.1 Å². The van der Waals surface area contributed by atoms with Gasteiger partial charge in [0.2, 0.25) is 0 Å². The Morgan fingerprint density at radius 2 is 1.68 bits per heavy atom. The van der Waals surface area contributed by atoms with E-state index in [2.05, 4.69) is 15.6 Å². The number of amides is 2. The van der Waals surface area contributed by atoms with E-state index in [9.17, 15) is 9.59 Å². The first-order chi connectivity index (χ1) is 13.6. The van der Waals surface area contributed by atoms with Gasteiger partial charge >= 0.3 is 0 Å². The summed E-state index contributed by atoms with van der Waals surface area (Å²) in [5.41, 5.74) is 3.73. The van der Waals surface area contributed by atoms with E-state index in [0.717, 1.165) is 5.56 Å². The quantitative estimate of drug-likeness (QED) is 0.567. The Morgan fingerprint density at radius 1 is 0.893 bits per heavy atom. The van der Waals surface area contributed by atoms with Crippen molar-refractivity contribution in [2.75, 3.05) is 10.6 Å². The van der Waals surface area contributed by atoms with E-state index in [0.29, 0.717) is 28.3 Å². The number of aromatic nitrogens is 2. The SMILES string of the molecule is Cc1ccc(C(=O)Nc2ccccc2)cc1NC(=O)c1cnc2ccccn12. The molecular weight excluding hydrogens is 352 g/mol. The van der Waals surface area contributed by atoms with Crippen LogP contribution in [-0.4, -0.2) is 21.2 Å². The third-order valence-electron chi connectivity index (χ3n) is 4.43. The average Bonchev–Trinajstić information content (AvgIpc) is 3.14. The maximum absolute atomic E-state index is 12.7. The van der Waals surface area contributed by atoms with Crippen molar-refractivity contribution in [3.8, 4) is 0 Å². The van der Waals surface area contributed by atoms with E-state index >= 15 is 0 Å². The second-order valence-corrected chi connectivity index (χ2v) is 6.38. The van der Waals surface area contributed by atoms with Crippen molar-refractivity contribution in [2.45, 2.75) is 6.92 Å². The van der Waals surface area contributed by atoms with Gasteiger partial charge in [0, 0.05) is 23.1 Å². The molecule has 4 aromatic rings. The van der Waals surface area contributed by atoms with Gasteiger partial charge in [0.1, 0.15) is 11.3 Å². The molecule has 2 heterocycles. The number of fused-ring (bicyclic) bond motifs is 1. The number of hydrogen-bond donors (Lipinski definition) is 2. The van der Waals surface area contributed by atoms with Gasteiger partial charge < -0.3 is 10.6 Å². The van der Waals surface area contributed by atoms with Crippen molar-refractivity contribution in [1.29, 1.82) is 0 Å². The van der Waals surface area contributed by atoms with Gasteiger partial charge in [-0.05, 0) is 48.9 Å². The van der Waals surface area contributed by atoms with Crippen molar-refractivity contribution in [1.82, 2.24) is 9.38 Å². The van der Waals surface area contributed by atoms with Crippen LogP contribution in [0.25, 0.3) is 5.65 Å². The number of anilines is 2. The van der Waals surface area contributed by atoms with E-state index in [1.54, 1.807) is 22.7 Å². The van der Waals surface area contributed by atoms with Crippen LogP contribution in [-0.2, 0) is 0 Å². The zero-order valence-corrected chi connectivity index (χ0v) is 15.2. The summed E-state index contributed by atoms with van der Waals surface area (Å²) in [5, 5.41) is 5.73. The molecule has 0 aliphatic heterocycles. The maximum atomic E-state index is 12.7. The van der Waals surface area contributed by atoms with Gasteiger partial charge in [-0.15, -0.1) is 0 Å². The smallest absolute Gasteiger partial charge is 0.274 e. The number of rotatable bonds is 4. The molecule has 0 fully saturated rings. The molecule has 0 saturated heterocycles. The normalized spacial score (nSPS) is 10.6. The number of nitrogens with one attached hydrogen (secondary N) is 2. The minimum absolute atomic E-state index is 0.239. The zero-order chi connectivity index (χ0) is 19.5. The van der Waals surface area contributed by atoms with Crippen LogP contribution in [0.2, 0.25) is 0 Å². The molecule has 2 aromatic heterocycles. The predicted molar refractivity (Wildman–Crippen MR) is 109 cm³/mol. The summed E-state index contributed by atoms with van der Waals surface area (Å²) in [4.78, 5) is 29.5. The summed E-state index contributed by atoms with van der Waals surface area (Å²) in [6.45, 7) is 1.88. The maximum Gasteiger partial charge on any atom is 0.274 e. The first-order valence-corrected chi connectivity index (χ1v) is 8.82. The van der Waals surface area contributed by atoms with Crippen LogP contribution >= 0.6 is 0 Å². The third kappa shape index (κ3) is 3.48. The fraction of sp³-hybridized carbons (Fsp3) is 0.0455. The molecule has 0 unspecified atom stereocenters. The van der Waals surface area contributed by atoms with Crippen molar-refractivity contribution < 1.29 is 9.59 Å². The molecule has 0 aliphatic rings. The molecular formula is C22H18N4O2. The van der Waals surface area contributed by atoms with Gasteiger partial charge in [-0.1, -0.05) is 30.3 Å². The Morgan fingerprint density at radius 3 is 2.50 bits per heavy atom. The molecule has 2 aromatic carbocycles. The number of imidazole rings is 1. The molecule has 0 atom stereocenters. The second kappa shape index (κ2) is 7.36. The van der Waals surface area contributed by atoms with Crippen LogP contribution in [0.1, 0.15) is 26.4 Å². The second-order valence-electron chi connectivity index (χ2n) is 6.38. The Bertz CT molecular complexity index is 1170. The standard InChI is InChI=1S/C22H18N4O2/c1-15-10-11-16(21(27)24-17-7-3-2-4-8-17)13-18(15)25-22(28)19-14-23-20-9-5-6-12-26(19)20/h2-14H,1H3,(H,24,27)(H,25,28). The average molecular weight is 370 g/mol. The van der Waals surface area contributed by atoms with Gasteiger partial charge in [0.25, 0.3) is 11.8 Å². The number of nitrogens with zero attached hydrogens (tertiary/aromatic N) is 2. The van der Waals surface area contributed by atoms with E-state index in [1.165, 1.54) is 6.20 Å². The lowest BCUT2D eigenvalue weighted by Crippen LogP contribution is -2.16. The Hall–Kier alpha value is -3.93. The lowest BCUT2D eigenvalue weighted by atomic mass is 10.1. The molecule has 2 amide bonds. The summed E-state index contributed by atoms with van der Waals surface area (Å²) in [7, 11) is 0. The minimum atomic E-state index is -0.289. The number of benzene rings is 2. The third-order valence-corrected chi connectivity index (χ3v) is 4.43. The van der Waals surface area contributed by atoms with Crippen LogP contribution in [0.4, 0.5) is 11.4 Å². The summed E-state index contributed by atoms with van der Waals surface area (Å²) < 4.78 is 1.72. The van der Waals surface area contributed by atoms with Crippen LogP contribution < -0.4 is 10.6 Å². The molecule has 138 valence electrons. The van der Waals surface area contributed by atoms with Crippen molar-refractivity contribution in [3.63, 3.8) is 0 Å². The summed E-state index contributed by atoms with van der Waals surface area (Å²) >= 11 is 0. The molecule has 0 spiro atoms. The topological polar surface area (TPSA) is 75.5 Å². The Labute approximate surface area is 161 Å². The molecule has 2 N–H and O–H groups in total. The number of carbonyl (C=O) groups excluding carboxylic acids is 2. The first-order valence-electron chi connectivity index (χ1n) is 8.82. The van der Waals surface area contributed by atoms with Crippen molar-refractivity contribution in [3.05, 3.63) is 95.9 Å². The van der Waals surface area contributed by atoms with E-state index < -0.39 is 0 Å². The van der Waals surface area contributed by atoms with Crippen molar-refractivity contribution in [2.24, 2.45) is 0 Å². The van der Waals surface area contributed by atoms with Crippen LogP contribution in [0.5, 0.6) is 0 Å². The zero-order valence-electron chi connectivity index (χ0n) is 15.2. The van der Waals surface area contributed by atoms with Gasteiger partial charge in [0.05, 0.1) is 6.20 Å². The predicted octanol–water partition coefficient (Wildman–Crippen LogP) is 4.15. The highest BCUT2D eigenvalue weighted by Crippen LogP contribution is 2.19. The molecule has 0 bridgehead atoms. The molecule has 0 radical (unpaired) electrons. The molecule has 0 saturated carbocycles. The van der Waals surface area contributed by atoms with E-state index in [-0.39, 0.29) is 11.8 Å². The highest BCUT2D eigenvalue weighted by atomic mass is 16.2. The number of pyridine rings is 1. The first kappa shape index (κ1) is 17.5. The van der Waals surface area contributed by atoms with E-state index in [4.69, 9.17) is 0 Å². The van der Waals surface area contributed by atoms with Crippen molar-refractivity contribution >= 4 is 28.8 Å². The van der Waals surface area contributed by atoms with Crippen LogP contribution in [0.3, 0.4) is 0 Å². The monoisotopic (exact) mass is 370 g/mol. The summed E-state index contributed by atoms with van der Waals surface area (Å²) in [5.74, 6) is -0.529. The Balaban J connectivity index is 1.57. The molecule has 6 nitrogen and oxygen atoms in total. The lowest BCUT2D eigenvalue weighted by Gasteiger charge is -2.11. The highest BCUT2D eigenvalue weighted by molar-refractivity contribution is 6.07. The molecule has 0 aliphatic carbocycles. The largest absolute Gasteiger partial charge is 0.322 e. The lowest BCUT2D eigenvalue weighted by molar-refractivity contribution is 0.101. The molecule has 4 rings (SSSR count). The number of hydrogen-bond acceptors (Lipinski definition) is 3. The number of aryl methyl sites for hydroxylation is 1. The van der Waals surface area contributed by atoms with Gasteiger partial charge in [0.15, 0.2) is 0 Å². The van der Waals surface area contributed by atoms with Gasteiger partial charge in [-0.25, -0.2) is 4.98 Å². The summed E-state index contributed by atoms with van der Waals surface area (Å²) in [6.07, 6.45) is 3.32. The number of carbonyl (C=O) groups is 2.